The van der Waals surface area contributed by atoms with Crippen LogP contribution in [0.5, 0.6) is 0 Å². The number of allylic oxidation sites excluding steroid dienone is 2. The highest BCUT2D eigenvalue weighted by atomic mass is 32.1. The first-order valence-electron chi connectivity index (χ1n) is 8.81. The van der Waals surface area contributed by atoms with E-state index in [4.69, 9.17) is 0 Å². The van der Waals surface area contributed by atoms with Gasteiger partial charge in [0.25, 0.3) is 0 Å². The molecule has 0 bridgehead atoms. The molecule has 0 unspecified atom stereocenters. The molecule has 132 valence electrons. The first-order valence-corrected chi connectivity index (χ1v) is 9.63. The van der Waals surface area contributed by atoms with Gasteiger partial charge in [-0.15, -0.1) is 11.3 Å². The lowest BCUT2D eigenvalue weighted by Crippen LogP contribution is -2.38. The minimum absolute atomic E-state index is 0.217. The van der Waals surface area contributed by atoms with E-state index in [2.05, 4.69) is 17.2 Å². The SMILES string of the molecule is C[C@@H]1CCc2nc(NC(=O)CN3C(=O)[C@@H]4CC=CC[C@H]4C3=O)sc2C1. The van der Waals surface area contributed by atoms with Gasteiger partial charge in [-0.25, -0.2) is 4.98 Å². The lowest BCUT2D eigenvalue weighted by molar-refractivity contribution is -0.142. The second-order valence-electron chi connectivity index (χ2n) is 7.20. The first-order chi connectivity index (χ1) is 12.0. The van der Waals surface area contributed by atoms with Crippen LogP contribution in [0.15, 0.2) is 12.2 Å². The average Bonchev–Trinajstić information content (AvgIpc) is 3.09. The maximum absolute atomic E-state index is 12.4. The number of carbonyl (C=O) groups is 3. The van der Waals surface area contributed by atoms with E-state index in [1.54, 1.807) is 0 Å². The quantitative estimate of drug-likeness (QED) is 0.662. The van der Waals surface area contributed by atoms with E-state index in [9.17, 15) is 14.4 Å². The lowest BCUT2D eigenvalue weighted by Gasteiger charge is -2.15. The Morgan fingerprint density at radius 2 is 1.96 bits per heavy atom. The number of carbonyl (C=O) groups excluding carboxylic acids is 3. The number of amides is 3. The molecule has 1 saturated heterocycles. The van der Waals surface area contributed by atoms with Crippen molar-refractivity contribution in [2.24, 2.45) is 17.8 Å². The van der Waals surface area contributed by atoms with Crippen molar-refractivity contribution >= 4 is 34.2 Å². The Bertz CT molecular complexity index is 744. The fourth-order valence-electron chi connectivity index (χ4n) is 3.92. The Balaban J connectivity index is 1.41. The fraction of sp³-hybridized carbons (Fsp3) is 0.556. The molecular formula is C18H21N3O3S. The highest BCUT2D eigenvalue weighted by Gasteiger charge is 2.47. The molecule has 0 saturated carbocycles. The molecule has 1 N–H and O–H groups in total. The van der Waals surface area contributed by atoms with Crippen molar-refractivity contribution in [1.82, 2.24) is 9.88 Å². The summed E-state index contributed by atoms with van der Waals surface area (Å²) in [6.07, 6.45) is 8.13. The number of nitrogens with zero attached hydrogens (tertiary/aromatic N) is 2. The van der Waals surface area contributed by atoms with E-state index in [1.807, 2.05) is 12.2 Å². The lowest BCUT2D eigenvalue weighted by atomic mass is 9.85. The molecule has 4 rings (SSSR count). The summed E-state index contributed by atoms with van der Waals surface area (Å²) in [5, 5.41) is 3.34. The van der Waals surface area contributed by atoms with Crippen LogP contribution >= 0.6 is 11.3 Å². The smallest absolute Gasteiger partial charge is 0.246 e. The topological polar surface area (TPSA) is 79.4 Å². The summed E-state index contributed by atoms with van der Waals surface area (Å²) in [7, 11) is 0. The molecule has 0 spiro atoms. The van der Waals surface area contributed by atoms with Crippen molar-refractivity contribution in [2.75, 3.05) is 11.9 Å². The Kier molecular flexibility index (Phi) is 4.19. The summed E-state index contributed by atoms with van der Waals surface area (Å²) in [5.74, 6) is -0.734. The van der Waals surface area contributed by atoms with Crippen LogP contribution in [-0.2, 0) is 27.2 Å². The predicted molar refractivity (Wildman–Crippen MR) is 94.0 cm³/mol. The summed E-state index contributed by atoms with van der Waals surface area (Å²) in [4.78, 5) is 44.0. The Hall–Kier alpha value is -2.02. The normalized spacial score (nSPS) is 28.0. The molecule has 2 aliphatic carbocycles. The van der Waals surface area contributed by atoms with Crippen LogP contribution in [0.25, 0.3) is 0 Å². The van der Waals surface area contributed by atoms with Crippen LogP contribution in [0.4, 0.5) is 5.13 Å². The molecule has 3 atom stereocenters. The van der Waals surface area contributed by atoms with Crippen LogP contribution in [0.1, 0.15) is 36.8 Å². The number of hydrogen-bond acceptors (Lipinski definition) is 5. The van der Waals surface area contributed by atoms with Gasteiger partial charge in [-0.05, 0) is 38.0 Å². The van der Waals surface area contributed by atoms with Crippen molar-refractivity contribution in [3.05, 3.63) is 22.7 Å². The maximum atomic E-state index is 12.4. The molecule has 3 amide bonds. The molecule has 1 aromatic heterocycles. The van der Waals surface area contributed by atoms with Crippen LogP contribution < -0.4 is 5.32 Å². The number of thiazole rings is 1. The second kappa shape index (κ2) is 6.37. The molecular weight excluding hydrogens is 338 g/mol. The van der Waals surface area contributed by atoms with E-state index >= 15 is 0 Å². The molecule has 6 nitrogen and oxygen atoms in total. The van der Waals surface area contributed by atoms with Gasteiger partial charge in [-0.1, -0.05) is 19.1 Å². The van der Waals surface area contributed by atoms with E-state index in [0.717, 1.165) is 29.9 Å². The number of likely N-dealkylation sites (tertiary alicyclic amines) is 1. The molecule has 2 heterocycles. The second-order valence-corrected chi connectivity index (χ2v) is 8.29. The Morgan fingerprint density at radius 1 is 1.28 bits per heavy atom. The van der Waals surface area contributed by atoms with Gasteiger partial charge in [-0.2, -0.15) is 0 Å². The van der Waals surface area contributed by atoms with Gasteiger partial charge >= 0.3 is 0 Å². The van der Waals surface area contributed by atoms with Gasteiger partial charge in [-0.3, -0.25) is 19.3 Å². The van der Waals surface area contributed by atoms with Crippen molar-refractivity contribution < 1.29 is 14.4 Å². The number of aromatic nitrogens is 1. The number of rotatable bonds is 3. The highest BCUT2D eigenvalue weighted by Crippen LogP contribution is 2.35. The Morgan fingerprint density at radius 3 is 2.64 bits per heavy atom. The minimum atomic E-state index is -0.354. The van der Waals surface area contributed by atoms with Crippen LogP contribution in [0.2, 0.25) is 0 Å². The van der Waals surface area contributed by atoms with Crippen LogP contribution in [-0.4, -0.2) is 34.2 Å². The molecule has 7 heteroatoms. The molecule has 0 aromatic carbocycles. The molecule has 25 heavy (non-hydrogen) atoms. The third-order valence-corrected chi connectivity index (χ3v) is 6.37. The fourth-order valence-corrected chi connectivity index (χ4v) is 5.11. The van der Waals surface area contributed by atoms with Crippen molar-refractivity contribution in [1.29, 1.82) is 0 Å². The number of nitrogens with one attached hydrogen (secondary N) is 1. The summed E-state index contributed by atoms with van der Waals surface area (Å²) >= 11 is 1.51. The van der Waals surface area contributed by atoms with Crippen LogP contribution in [0, 0.1) is 17.8 Å². The molecule has 3 aliphatic rings. The number of aryl methyl sites for hydroxylation is 1. The van der Waals surface area contributed by atoms with Gasteiger partial charge in [0.2, 0.25) is 17.7 Å². The van der Waals surface area contributed by atoms with Gasteiger partial charge < -0.3 is 5.32 Å². The standard InChI is InChI=1S/C18H21N3O3S/c1-10-6-7-13-14(8-10)25-18(19-13)20-15(22)9-21-16(23)11-4-2-3-5-12(11)17(21)24/h2-3,10-12H,4-9H2,1H3,(H,19,20,22)/t10-,11-,12-/m1/s1. The molecule has 1 aromatic rings. The average molecular weight is 359 g/mol. The van der Waals surface area contributed by atoms with E-state index in [1.165, 1.54) is 16.2 Å². The number of imide groups is 1. The van der Waals surface area contributed by atoms with Crippen molar-refractivity contribution in [3.8, 4) is 0 Å². The predicted octanol–water partition coefficient (Wildman–Crippen LogP) is 2.16. The van der Waals surface area contributed by atoms with Gasteiger partial charge in [0.15, 0.2) is 5.13 Å². The summed E-state index contributed by atoms with van der Waals surface area (Å²) in [5.41, 5.74) is 1.07. The van der Waals surface area contributed by atoms with Crippen molar-refractivity contribution in [3.63, 3.8) is 0 Å². The summed E-state index contributed by atoms with van der Waals surface area (Å²) < 4.78 is 0. The zero-order chi connectivity index (χ0) is 17.6. The van der Waals surface area contributed by atoms with Gasteiger partial charge in [0, 0.05) is 4.88 Å². The van der Waals surface area contributed by atoms with Crippen LogP contribution in [0.3, 0.4) is 0 Å². The molecule has 0 radical (unpaired) electrons. The van der Waals surface area contributed by atoms with E-state index in [-0.39, 0.29) is 36.1 Å². The maximum Gasteiger partial charge on any atom is 0.246 e. The molecule has 1 fully saturated rings. The van der Waals surface area contributed by atoms with E-state index in [0.29, 0.717) is 23.9 Å². The largest absolute Gasteiger partial charge is 0.300 e. The number of hydrogen-bond donors (Lipinski definition) is 1. The van der Waals surface area contributed by atoms with E-state index < -0.39 is 0 Å². The number of fused-ring (bicyclic) bond motifs is 2. The highest BCUT2D eigenvalue weighted by molar-refractivity contribution is 7.15. The first kappa shape index (κ1) is 16.4. The van der Waals surface area contributed by atoms with Gasteiger partial charge in [0.05, 0.1) is 17.5 Å². The van der Waals surface area contributed by atoms with Gasteiger partial charge in [0.1, 0.15) is 6.54 Å². The summed E-state index contributed by atoms with van der Waals surface area (Å²) in [6, 6.07) is 0. The Labute approximate surface area is 150 Å². The third kappa shape index (κ3) is 3.01. The third-order valence-electron chi connectivity index (χ3n) is 5.33. The number of anilines is 1. The minimum Gasteiger partial charge on any atom is -0.300 e. The van der Waals surface area contributed by atoms with Crippen molar-refractivity contribution in [2.45, 2.75) is 39.0 Å². The zero-order valence-electron chi connectivity index (χ0n) is 14.2. The zero-order valence-corrected chi connectivity index (χ0v) is 15.0. The molecule has 1 aliphatic heterocycles. The summed E-state index contributed by atoms with van der Waals surface area (Å²) in [6.45, 7) is 2.01. The monoisotopic (exact) mass is 359 g/mol.